The number of terminal acetylenes is 1. The molecule has 0 spiro atoms. The van der Waals surface area contributed by atoms with E-state index in [4.69, 9.17) is 21.7 Å². The van der Waals surface area contributed by atoms with Gasteiger partial charge in [-0.15, -0.1) is 18.2 Å². The number of pyridine rings is 1. The van der Waals surface area contributed by atoms with E-state index in [-0.39, 0.29) is 29.0 Å². The van der Waals surface area contributed by atoms with Gasteiger partial charge in [0.25, 0.3) is 11.8 Å². The fraction of sp³-hybridized carbons (Fsp3) is 0.147. The van der Waals surface area contributed by atoms with Gasteiger partial charge in [-0.3, -0.25) is 19.5 Å². The van der Waals surface area contributed by atoms with Crippen LogP contribution in [0.2, 0.25) is 0 Å². The number of hydrogen-bond acceptors (Lipinski definition) is 13. The molecule has 0 saturated carbocycles. The number of fused-ring (bicyclic) bond motifs is 1. The molecule has 0 aliphatic carbocycles. The van der Waals surface area contributed by atoms with E-state index in [2.05, 4.69) is 30.7 Å². The van der Waals surface area contributed by atoms with Crippen molar-refractivity contribution in [3.05, 3.63) is 124 Å². The Bertz CT molecular complexity index is 1920. The molecule has 15 heteroatoms. The summed E-state index contributed by atoms with van der Waals surface area (Å²) in [6.07, 6.45) is 9.77. The van der Waals surface area contributed by atoms with Gasteiger partial charge in [-0.1, -0.05) is 89.6 Å². The van der Waals surface area contributed by atoms with Crippen LogP contribution in [0.5, 0.6) is 0 Å². The highest BCUT2D eigenvalue weighted by Crippen LogP contribution is 2.45. The van der Waals surface area contributed by atoms with E-state index < -0.39 is 35.3 Å². The second kappa shape index (κ2) is 15.6. The van der Waals surface area contributed by atoms with Gasteiger partial charge in [-0.05, 0) is 34.2 Å². The van der Waals surface area contributed by atoms with Crippen molar-refractivity contribution in [1.29, 1.82) is 0 Å². The van der Waals surface area contributed by atoms with Crippen LogP contribution in [-0.2, 0) is 24.0 Å². The third kappa shape index (κ3) is 7.67. The molecule has 2 atom stereocenters. The molecule has 1 saturated heterocycles. The Morgan fingerprint density at radius 2 is 1.88 bits per heavy atom. The highest BCUT2D eigenvalue weighted by Gasteiger charge is 2.55. The number of thioether (sulfide) groups is 2. The summed E-state index contributed by atoms with van der Waals surface area (Å²) in [4.78, 5) is 56.6. The Morgan fingerprint density at radius 1 is 1.14 bits per heavy atom. The number of β-lactam (4-membered cyclic amide) rings is 1. The summed E-state index contributed by atoms with van der Waals surface area (Å²) in [6.45, 7) is -0.204. The van der Waals surface area contributed by atoms with Crippen molar-refractivity contribution in [3.63, 3.8) is 0 Å². The van der Waals surface area contributed by atoms with Crippen molar-refractivity contribution in [2.24, 2.45) is 5.16 Å². The number of anilines is 1. The molecule has 1 fully saturated rings. The van der Waals surface area contributed by atoms with Crippen LogP contribution in [0.3, 0.4) is 0 Å². The lowest BCUT2D eigenvalue weighted by molar-refractivity contribution is -0.154. The van der Waals surface area contributed by atoms with Gasteiger partial charge in [0.15, 0.2) is 17.8 Å². The van der Waals surface area contributed by atoms with Crippen LogP contribution in [0, 0.1) is 12.3 Å². The molecule has 2 aliphatic rings. The molecule has 2 aromatic heterocycles. The Morgan fingerprint density at radius 3 is 2.51 bits per heavy atom. The molecule has 2 aromatic carbocycles. The molecule has 0 radical (unpaired) electrons. The average Bonchev–Trinajstić information content (AvgIpc) is 3.57. The van der Waals surface area contributed by atoms with Crippen LogP contribution in [0.4, 0.5) is 5.13 Å². The van der Waals surface area contributed by atoms with Gasteiger partial charge in [-0.25, -0.2) is 4.79 Å². The predicted octanol–water partition coefficient (Wildman–Crippen LogP) is 4.22. The number of nitrogens with two attached hydrogens (primary N) is 1. The summed E-state index contributed by atoms with van der Waals surface area (Å²) in [5.74, 6) is 0.600. The molecular formula is C34H27N7O5S3. The fourth-order valence-corrected chi connectivity index (χ4v) is 7.73. The number of nitrogens with one attached hydrogen (secondary N) is 1. The number of benzene rings is 2. The molecule has 6 rings (SSSR count). The lowest BCUT2D eigenvalue weighted by Crippen LogP contribution is -2.71. The van der Waals surface area contributed by atoms with Gasteiger partial charge in [0.1, 0.15) is 17.1 Å². The number of ether oxygens (including phenoxy) is 1. The molecule has 4 heterocycles. The van der Waals surface area contributed by atoms with E-state index in [0.717, 1.165) is 28.2 Å². The van der Waals surface area contributed by atoms with Crippen molar-refractivity contribution < 1.29 is 24.0 Å². The van der Waals surface area contributed by atoms with Crippen LogP contribution in [0.25, 0.3) is 6.08 Å². The summed E-state index contributed by atoms with van der Waals surface area (Å²) in [5, 5.41) is 7.83. The van der Waals surface area contributed by atoms with E-state index in [1.807, 2.05) is 84.3 Å². The van der Waals surface area contributed by atoms with Crippen molar-refractivity contribution in [3.8, 4) is 12.3 Å². The van der Waals surface area contributed by atoms with Crippen LogP contribution in [0.15, 0.2) is 106 Å². The monoisotopic (exact) mass is 709 g/mol. The zero-order chi connectivity index (χ0) is 34.2. The first-order valence-electron chi connectivity index (χ1n) is 14.7. The van der Waals surface area contributed by atoms with Crippen LogP contribution < -0.4 is 11.1 Å². The number of carbonyl (C=O) groups is 3. The largest absolute Gasteiger partial charge is 0.448 e. The summed E-state index contributed by atoms with van der Waals surface area (Å²) in [5.41, 5.74) is 7.94. The molecule has 49 heavy (non-hydrogen) atoms. The first-order valence-corrected chi connectivity index (χ1v) is 17.4. The van der Waals surface area contributed by atoms with Crippen molar-refractivity contribution in [1.82, 2.24) is 24.6 Å². The van der Waals surface area contributed by atoms with E-state index in [1.54, 1.807) is 12.4 Å². The standard InChI is InChI=1S/C34H27N7O5S3/c1-2-17-45-39-25(29-38-34(35)49-40-29)30(42)37-26-31(43)41-27(24(20-48-32(26)41)47-18-15-21-10-9-16-36-19-21)33(44)46-28(22-11-5-3-6-12-22)23-13-7-4-8-14-23/h1,3-16,18-19,26,28,32H,17,20H2,(H,37,42)(H2,35,38,40)/b18-15-,39-25?/t26?,32-/m1/s1. The lowest BCUT2D eigenvalue weighted by Gasteiger charge is -2.49. The lowest BCUT2D eigenvalue weighted by atomic mass is 10.0. The highest BCUT2D eigenvalue weighted by molar-refractivity contribution is 8.08. The second-order valence-corrected chi connectivity index (χ2v) is 13.2. The number of rotatable bonds is 12. The van der Waals surface area contributed by atoms with E-state index in [1.165, 1.54) is 28.4 Å². The summed E-state index contributed by atoms with van der Waals surface area (Å²) >= 11 is 3.58. The van der Waals surface area contributed by atoms with Gasteiger partial charge >= 0.3 is 5.97 Å². The molecule has 3 N–H and O–H groups in total. The Hall–Kier alpha value is -5.43. The number of hydrogen-bond donors (Lipinski definition) is 2. The maximum Gasteiger partial charge on any atom is 0.356 e. The molecule has 12 nitrogen and oxygen atoms in total. The summed E-state index contributed by atoms with van der Waals surface area (Å²) in [7, 11) is 0. The normalized spacial score (nSPS) is 17.3. The SMILES string of the molecule is C#CCON=C(C(=O)NC1C(=O)N2C(C(=O)OC(c3ccccc3)c3ccccc3)=C(S/C=C\c3cccnc3)CS[C@H]12)c1nsc(N)n1. The van der Waals surface area contributed by atoms with Crippen LogP contribution in [-0.4, -0.2) is 66.5 Å². The van der Waals surface area contributed by atoms with Gasteiger partial charge in [0.05, 0.1) is 0 Å². The fourth-order valence-electron chi connectivity index (χ4n) is 4.95. The molecule has 0 bridgehead atoms. The van der Waals surface area contributed by atoms with Crippen LogP contribution in [0.1, 0.15) is 28.6 Å². The van der Waals surface area contributed by atoms with Gasteiger partial charge in [0, 0.05) is 34.6 Å². The minimum Gasteiger partial charge on any atom is -0.448 e. The molecule has 1 unspecified atom stereocenters. The number of nitrogen functional groups attached to an aromatic ring is 1. The molecule has 2 amide bonds. The third-order valence-corrected chi connectivity index (χ3v) is 10.1. The number of carbonyl (C=O) groups excluding carboxylic acids is 3. The number of esters is 1. The van der Waals surface area contributed by atoms with Gasteiger partial charge in [-0.2, -0.15) is 9.36 Å². The zero-order valence-electron chi connectivity index (χ0n) is 25.5. The first kappa shape index (κ1) is 33.5. The Kier molecular flexibility index (Phi) is 10.7. The van der Waals surface area contributed by atoms with Gasteiger partial charge < -0.3 is 20.6 Å². The minimum atomic E-state index is -0.995. The third-order valence-electron chi connectivity index (χ3n) is 7.17. The topological polar surface area (TPSA) is 162 Å². The Labute approximate surface area is 294 Å². The molecule has 2 aliphatic heterocycles. The predicted molar refractivity (Wildman–Crippen MR) is 189 cm³/mol. The van der Waals surface area contributed by atoms with Crippen molar-refractivity contribution in [2.45, 2.75) is 17.5 Å². The van der Waals surface area contributed by atoms with E-state index >= 15 is 0 Å². The summed E-state index contributed by atoms with van der Waals surface area (Å²) in [6, 6.07) is 21.5. The van der Waals surface area contributed by atoms with Gasteiger partial charge in [0.2, 0.25) is 11.5 Å². The maximum absolute atomic E-state index is 14.2. The van der Waals surface area contributed by atoms with E-state index in [0.29, 0.717) is 10.7 Å². The quantitative estimate of drug-likeness (QED) is 0.0541. The van der Waals surface area contributed by atoms with Crippen LogP contribution >= 0.6 is 35.1 Å². The molecular weight excluding hydrogens is 683 g/mol. The smallest absolute Gasteiger partial charge is 0.356 e. The summed E-state index contributed by atoms with van der Waals surface area (Å²) < 4.78 is 10.3. The number of oxime groups is 1. The minimum absolute atomic E-state index is 0.0759. The maximum atomic E-state index is 14.2. The second-order valence-electron chi connectivity index (χ2n) is 10.3. The average molecular weight is 710 g/mol. The molecule has 4 aromatic rings. The first-order chi connectivity index (χ1) is 23.9. The highest BCUT2D eigenvalue weighted by atomic mass is 32.2. The van der Waals surface area contributed by atoms with E-state index in [9.17, 15) is 14.4 Å². The van der Waals surface area contributed by atoms with Crippen molar-refractivity contribution >= 4 is 69.8 Å². The van der Waals surface area contributed by atoms with Crippen molar-refractivity contribution in [2.75, 3.05) is 18.1 Å². The number of aromatic nitrogens is 3. The molecule has 246 valence electrons. The zero-order valence-corrected chi connectivity index (χ0v) is 28.0. The number of amides is 2. The Balaban J connectivity index is 1.28. The number of nitrogens with zero attached hydrogens (tertiary/aromatic N) is 5.